The predicted molar refractivity (Wildman–Crippen MR) is 82.2 cm³/mol. The Morgan fingerprint density at radius 1 is 1.27 bits per heavy atom. The van der Waals surface area contributed by atoms with Crippen LogP contribution < -0.4 is 10.2 Å². The molecule has 6 nitrogen and oxygen atoms in total. The Morgan fingerprint density at radius 3 is 2.45 bits per heavy atom. The van der Waals surface area contributed by atoms with Gasteiger partial charge in [0.05, 0.1) is 24.5 Å². The first kappa shape index (κ1) is 14.9. The Kier molecular flexibility index (Phi) is 3.20. The number of aromatic nitrogens is 2. The second kappa shape index (κ2) is 4.73. The first-order valence-electron chi connectivity index (χ1n) is 7.10. The van der Waals surface area contributed by atoms with Crippen molar-refractivity contribution in [2.45, 2.75) is 38.9 Å². The molecule has 0 aromatic carbocycles. The molecule has 0 amide bonds. The Balaban J connectivity index is 2.09. The standard InChI is InChI=1S/C15H18BN3O3/c1-14(2)15(3,4)22-16(21-14)11-6-12(20-5)13-10(7-17)8-18-19(13)9-11/h6,8-9H,1-5H3. The summed E-state index contributed by atoms with van der Waals surface area (Å²) in [6, 6.07) is 3.95. The van der Waals surface area contributed by atoms with Gasteiger partial charge in [0.25, 0.3) is 0 Å². The lowest BCUT2D eigenvalue weighted by molar-refractivity contribution is 0.00578. The molecule has 1 fully saturated rings. The second-order valence-electron chi connectivity index (χ2n) is 6.39. The van der Waals surface area contributed by atoms with Crippen LogP contribution >= 0.6 is 0 Å². The molecule has 0 aliphatic carbocycles. The van der Waals surface area contributed by atoms with Crippen LogP contribution in [0.3, 0.4) is 0 Å². The molecule has 3 heterocycles. The highest BCUT2D eigenvalue weighted by molar-refractivity contribution is 6.62. The predicted octanol–water partition coefficient (Wildman–Crippen LogP) is 1.51. The maximum Gasteiger partial charge on any atom is 0.496 e. The molecule has 2 aromatic rings. The fourth-order valence-electron chi connectivity index (χ4n) is 2.45. The average molecular weight is 299 g/mol. The highest BCUT2D eigenvalue weighted by Gasteiger charge is 2.52. The van der Waals surface area contributed by atoms with Crippen molar-refractivity contribution >= 4 is 18.1 Å². The van der Waals surface area contributed by atoms with Crippen molar-refractivity contribution in [2.24, 2.45) is 0 Å². The summed E-state index contributed by atoms with van der Waals surface area (Å²) in [7, 11) is 1.07. The molecule has 1 saturated heterocycles. The second-order valence-corrected chi connectivity index (χ2v) is 6.39. The summed E-state index contributed by atoms with van der Waals surface area (Å²) in [4.78, 5) is 0. The van der Waals surface area contributed by atoms with E-state index in [1.807, 2.05) is 33.8 Å². The normalized spacial score (nSPS) is 19.4. The molecule has 0 unspecified atom stereocenters. The van der Waals surface area contributed by atoms with Gasteiger partial charge in [0.2, 0.25) is 0 Å². The molecule has 114 valence electrons. The van der Waals surface area contributed by atoms with Gasteiger partial charge in [0.15, 0.2) is 0 Å². The van der Waals surface area contributed by atoms with E-state index in [9.17, 15) is 0 Å². The first-order chi connectivity index (χ1) is 10.3. The smallest absolute Gasteiger partial charge is 0.494 e. The van der Waals surface area contributed by atoms with Gasteiger partial charge in [0, 0.05) is 11.7 Å². The zero-order chi connectivity index (χ0) is 16.1. The molecule has 3 rings (SSSR count). The van der Waals surface area contributed by atoms with Crippen LogP contribution in [0.1, 0.15) is 33.3 Å². The third-order valence-electron chi connectivity index (χ3n) is 4.46. The average Bonchev–Trinajstić information content (AvgIpc) is 2.96. The van der Waals surface area contributed by atoms with Crippen LogP contribution in [0.4, 0.5) is 0 Å². The third-order valence-corrected chi connectivity index (χ3v) is 4.46. The Hall–Kier alpha value is -2.04. The van der Waals surface area contributed by atoms with Gasteiger partial charge in [-0.05, 0) is 33.8 Å². The summed E-state index contributed by atoms with van der Waals surface area (Å²) in [5.74, 6) is 0.571. The third kappa shape index (κ3) is 2.07. The van der Waals surface area contributed by atoms with Crippen LogP contribution in [0.5, 0.6) is 5.75 Å². The Labute approximate surface area is 129 Å². The van der Waals surface area contributed by atoms with Crippen LogP contribution in [-0.4, -0.2) is 35.0 Å². The van der Waals surface area contributed by atoms with Gasteiger partial charge in [-0.3, -0.25) is 0 Å². The van der Waals surface area contributed by atoms with Crippen molar-refractivity contribution in [1.82, 2.24) is 9.61 Å². The molecule has 0 N–H and O–H groups in total. The molecular formula is C15H18BN3O3. The van der Waals surface area contributed by atoms with Gasteiger partial charge in [-0.15, -0.1) is 0 Å². The summed E-state index contributed by atoms with van der Waals surface area (Å²) >= 11 is 0. The number of hydrogen-bond donors (Lipinski definition) is 0. The van der Waals surface area contributed by atoms with Gasteiger partial charge in [-0.1, -0.05) is 0 Å². The highest BCUT2D eigenvalue weighted by Crippen LogP contribution is 2.36. The molecular weight excluding hydrogens is 281 g/mol. The van der Waals surface area contributed by atoms with E-state index in [-0.39, 0.29) is 0 Å². The van der Waals surface area contributed by atoms with Crippen molar-refractivity contribution in [1.29, 1.82) is 5.26 Å². The van der Waals surface area contributed by atoms with Crippen LogP contribution in [0.25, 0.3) is 5.52 Å². The molecule has 0 bridgehead atoms. The molecule has 0 atom stereocenters. The Morgan fingerprint density at radius 2 is 1.91 bits per heavy atom. The van der Waals surface area contributed by atoms with Crippen LogP contribution in [0.15, 0.2) is 18.5 Å². The lowest BCUT2D eigenvalue weighted by atomic mass is 9.80. The van der Waals surface area contributed by atoms with Crippen molar-refractivity contribution in [2.75, 3.05) is 7.11 Å². The molecule has 7 heteroatoms. The van der Waals surface area contributed by atoms with E-state index < -0.39 is 18.3 Å². The molecule has 0 saturated carbocycles. The summed E-state index contributed by atoms with van der Waals surface area (Å²) in [5, 5.41) is 13.4. The van der Waals surface area contributed by atoms with E-state index in [1.54, 1.807) is 17.8 Å². The van der Waals surface area contributed by atoms with Crippen LogP contribution in [0.2, 0.25) is 0 Å². The Bertz CT molecular complexity index is 760. The van der Waals surface area contributed by atoms with Crippen molar-refractivity contribution in [3.05, 3.63) is 24.0 Å². The molecule has 0 spiro atoms. The van der Waals surface area contributed by atoms with E-state index in [4.69, 9.17) is 19.3 Å². The number of pyridine rings is 1. The van der Waals surface area contributed by atoms with Crippen LogP contribution in [0, 0.1) is 11.3 Å². The number of methoxy groups -OCH3 is 1. The van der Waals surface area contributed by atoms with Crippen molar-refractivity contribution < 1.29 is 14.0 Å². The maximum atomic E-state index is 9.15. The van der Waals surface area contributed by atoms with E-state index in [2.05, 4.69) is 11.2 Å². The minimum absolute atomic E-state index is 0.415. The number of nitrogens with zero attached hydrogens (tertiary/aromatic N) is 3. The highest BCUT2D eigenvalue weighted by atomic mass is 16.7. The van der Waals surface area contributed by atoms with Crippen LogP contribution in [-0.2, 0) is 9.31 Å². The first-order valence-corrected chi connectivity index (χ1v) is 7.10. The number of hydrogen-bond acceptors (Lipinski definition) is 5. The lowest BCUT2D eigenvalue weighted by Crippen LogP contribution is -2.41. The molecule has 2 aromatic heterocycles. The minimum Gasteiger partial charge on any atom is -0.494 e. The van der Waals surface area contributed by atoms with E-state index in [1.165, 1.54) is 6.20 Å². The fraction of sp³-hybridized carbons (Fsp3) is 0.467. The largest absolute Gasteiger partial charge is 0.496 e. The topological polar surface area (TPSA) is 68.8 Å². The van der Waals surface area contributed by atoms with Crippen molar-refractivity contribution in [3.63, 3.8) is 0 Å². The minimum atomic E-state index is -0.502. The molecule has 1 aliphatic rings. The fourth-order valence-corrected chi connectivity index (χ4v) is 2.45. The van der Waals surface area contributed by atoms with E-state index >= 15 is 0 Å². The zero-order valence-corrected chi connectivity index (χ0v) is 13.4. The lowest BCUT2D eigenvalue weighted by Gasteiger charge is -2.32. The summed E-state index contributed by atoms with van der Waals surface area (Å²) in [5.41, 5.74) is 1.09. The van der Waals surface area contributed by atoms with Gasteiger partial charge >= 0.3 is 7.12 Å². The van der Waals surface area contributed by atoms with E-state index in [0.29, 0.717) is 16.8 Å². The number of ether oxygens (including phenoxy) is 1. The quantitative estimate of drug-likeness (QED) is 0.786. The van der Waals surface area contributed by atoms with Crippen molar-refractivity contribution in [3.8, 4) is 11.8 Å². The monoisotopic (exact) mass is 299 g/mol. The number of nitriles is 1. The summed E-state index contributed by atoms with van der Waals surface area (Å²) in [6.45, 7) is 8.02. The van der Waals surface area contributed by atoms with E-state index in [0.717, 1.165) is 5.46 Å². The molecule has 1 aliphatic heterocycles. The SMILES string of the molecule is COc1cc(B2OC(C)(C)C(C)(C)O2)cn2ncc(C#N)c12. The van der Waals surface area contributed by atoms with Gasteiger partial charge < -0.3 is 14.0 Å². The van der Waals surface area contributed by atoms with Gasteiger partial charge in [-0.2, -0.15) is 10.4 Å². The zero-order valence-electron chi connectivity index (χ0n) is 13.4. The van der Waals surface area contributed by atoms with Gasteiger partial charge in [0.1, 0.15) is 22.9 Å². The number of fused-ring (bicyclic) bond motifs is 1. The molecule has 0 radical (unpaired) electrons. The summed E-state index contributed by atoms with van der Waals surface area (Å²) in [6.07, 6.45) is 3.33. The molecule has 22 heavy (non-hydrogen) atoms. The van der Waals surface area contributed by atoms with Gasteiger partial charge in [-0.25, -0.2) is 4.52 Å². The number of rotatable bonds is 2. The maximum absolute atomic E-state index is 9.15. The summed E-state index contributed by atoms with van der Waals surface area (Å²) < 4.78 is 19.1.